The van der Waals surface area contributed by atoms with Gasteiger partial charge in [-0.1, -0.05) is 24.3 Å². The molecule has 0 unspecified atom stereocenters. The second-order valence-electron chi connectivity index (χ2n) is 10.4. The Kier molecular flexibility index (Phi) is 7.38. The van der Waals surface area contributed by atoms with E-state index in [-0.39, 0.29) is 17.4 Å². The van der Waals surface area contributed by atoms with Crippen LogP contribution in [0.5, 0.6) is 0 Å². The first-order valence-electron chi connectivity index (χ1n) is 13.6. The molecule has 0 amide bonds. The number of nitrogens with zero attached hydrogens (tertiary/aromatic N) is 6. The van der Waals surface area contributed by atoms with Crippen molar-refractivity contribution < 1.29 is 21.6 Å². The van der Waals surface area contributed by atoms with Gasteiger partial charge in [0, 0.05) is 30.1 Å². The van der Waals surface area contributed by atoms with Gasteiger partial charge in [0.2, 0.25) is 5.95 Å². The summed E-state index contributed by atoms with van der Waals surface area (Å²) in [6.45, 7) is 2.09. The molecule has 0 aliphatic carbocycles. The lowest BCUT2D eigenvalue weighted by Crippen LogP contribution is -2.06. The molecule has 3 aromatic carbocycles. The zero-order chi connectivity index (χ0) is 31.9. The van der Waals surface area contributed by atoms with Gasteiger partial charge in [-0.05, 0) is 78.2 Å². The van der Waals surface area contributed by atoms with Gasteiger partial charge in [0.1, 0.15) is 0 Å². The van der Waals surface area contributed by atoms with Crippen LogP contribution in [0.2, 0.25) is 0 Å². The molecule has 0 aliphatic rings. The summed E-state index contributed by atoms with van der Waals surface area (Å²) in [5.41, 5.74) is 4.26. The Labute approximate surface area is 256 Å². The number of benzene rings is 3. The van der Waals surface area contributed by atoms with Gasteiger partial charge in [-0.25, -0.2) is 17.6 Å². The summed E-state index contributed by atoms with van der Waals surface area (Å²) < 4.78 is 68.0. The summed E-state index contributed by atoms with van der Waals surface area (Å²) >= 11 is 0. The molecule has 0 bridgehead atoms. The number of hydrogen-bond acceptors (Lipinski definition) is 7. The second-order valence-corrected chi connectivity index (χ2v) is 12.4. The maximum Gasteiger partial charge on any atom is 0.416 e. The molecular weight excluding hydrogens is 603 g/mol. The Bertz CT molecular complexity index is 2200. The van der Waals surface area contributed by atoms with Gasteiger partial charge in [-0.2, -0.15) is 28.5 Å². The third-order valence-corrected chi connectivity index (χ3v) is 8.45. The minimum absolute atomic E-state index is 0.200. The molecule has 3 heterocycles. The van der Waals surface area contributed by atoms with Crippen molar-refractivity contribution in [3.63, 3.8) is 0 Å². The molecule has 6 rings (SSSR count). The number of rotatable bonds is 7. The summed E-state index contributed by atoms with van der Waals surface area (Å²) in [6, 6.07) is 22.2. The largest absolute Gasteiger partial charge is 0.416 e. The molecule has 6 aromatic rings. The predicted molar refractivity (Wildman–Crippen MR) is 162 cm³/mol. The predicted octanol–water partition coefficient (Wildman–Crippen LogP) is 6.46. The highest BCUT2D eigenvalue weighted by Gasteiger charge is 2.31. The van der Waals surface area contributed by atoms with Gasteiger partial charge in [0.25, 0.3) is 0 Å². The van der Waals surface area contributed by atoms with Crippen LogP contribution in [-0.2, 0) is 22.6 Å². The first kappa shape index (κ1) is 29.6. The highest BCUT2D eigenvalue weighted by molar-refractivity contribution is 7.90. The number of nitrogens with one attached hydrogen (secondary N) is 1. The minimum atomic E-state index is -4.54. The van der Waals surface area contributed by atoms with Crippen LogP contribution in [0.3, 0.4) is 0 Å². The van der Waals surface area contributed by atoms with Crippen molar-refractivity contribution in [1.82, 2.24) is 24.4 Å². The lowest BCUT2D eigenvalue weighted by Gasteiger charge is -2.16. The number of halogens is 3. The topological polar surface area (TPSA) is 118 Å². The standard InChI is InChI=1S/C32H24F3N7O2S/c1-20-27(28-14-15-38-42(28)25-10-6-21(17-36)7-11-25)19-41-30(29(20)23-4-3-5-24(16-23)32(33,34)35)39-31(40-41)37-18-22-8-12-26(13-9-22)45(2,43)44/h3-16,19H,18H2,1-2H3,(H,37,40). The highest BCUT2D eigenvalue weighted by Crippen LogP contribution is 2.38. The summed E-state index contributed by atoms with van der Waals surface area (Å²) in [4.78, 5) is 4.85. The third-order valence-electron chi connectivity index (χ3n) is 7.33. The molecule has 3 aromatic heterocycles. The van der Waals surface area contributed by atoms with Crippen molar-refractivity contribution in [2.75, 3.05) is 11.6 Å². The van der Waals surface area contributed by atoms with Crippen molar-refractivity contribution in [2.24, 2.45) is 0 Å². The van der Waals surface area contributed by atoms with Gasteiger partial charge in [0.15, 0.2) is 15.5 Å². The van der Waals surface area contributed by atoms with Crippen LogP contribution in [-0.4, -0.2) is 39.1 Å². The Morgan fingerprint density at radius 1 is 1.00 bits per heavy atom. The molecule has 0 spiro atoms. The van der Waals surface area contributed by atoms with Crippen LogP contribution in [0.15, 0.2) is 96.2 Å². The molecule has 45 heavy (non-hydrogen) atoms. The highest BCUT2D eigenvalue weighted by atomic mass is 32.2. The van der Waals surface area contributed by atoms with E-state index in [0.717, 1.165) is 24.0 Å². The van der Waals surface area contributed by atoms with Crippen LogP contribution < -0.4 is 5.32 Å². The monoisotopic (exact) mass is 627 g/mol. The third kappa shape index (κ3) is 5.87. The number of pyridine rings is 1. The Balaban J connectivity index is 1.47. The summed E-state index contributed by atoms with van der Waals surface area (Å²) in [5.74, 6) is 0.229. The van der Waals surface area contributed by atoms with E-state index in [2.05, 4.69) is 26.6 Å². The van der Waals surface area contributed by atoms with Crippen LogP contribution in [0.4, 0.5) is 19.1 Å². The van der Waals surface area contributed by atoms with E-state index in [4.69, 9.17) is 0 Å². The van der Waals surface area contributed by atoms with Gasteiger partial charge in [0.05, 0.1) is 39.7 Å². The number of nitriles is 1. The number of alkyl halides is 3. The SMILES string of the molecule is Cc1c(-c2ccnn2-c2ccc(C#N)cc2)cn2nc(NCc3ccc(S(C)(=O)=O)cc3)nc2c1-c1cccc(C(F)(F)F)c1. The van der Waals surface area contributed by atoms with E-state index in [1.807, 2.05) is 6.92 Å². The summed E-state index contributed by atoms with van der Waals surface area (Å²) in [6.07, 6.45) is -0.0436. The fourth-order valence-electron chi connectivity index (χ4n) is 5.06. The van der Waals surface area contributed by atoms with Crippen molar-refractivity contribution in [3.05, 3.63) is 114 Å². The Morgan fingerprint density at radius 3 is 2.40 bits per heavy atom. The fourth-order valence-corrected chi connectivity index (χ4v) is 5.69. The molecule has 1 N–H and O–H groups in total. The Hall–Kier alpha value is -5.48. The van der Waals surface area contributed by atoms with E-state index in [9.17, 15) is 26.9 Å². The number of anilines is 1. The fraction of sp³-hybridized carbons (Fsp3) is 0.125. The van der Waals surface area contributed by atoms with Crippen LogP contribution in [0.25, 0.3) is 33.7 Å². The quantitative estimate of drug-likeness (QED) is 0.216. The van der Waals surface area contributed by atoms with Crippen LogP contribution in [0, 0.1) is 18.3 Å². The Morgan fingerprint density at radius 2 is 1.73 bits per heavy atom. The van der Waals surface area contributed by atoms with E-state index >= 15 is 0 Å². The van der Waals surface area contributed by atoms with E-state index < -0.39 is 21.6 Å². The van der Waals surface area contributed by atoms with Gasteiger partial charge < -0.3 is 5.32 Å². The number of fused-ring (bicyclic) bond motifs is 1. The van der Waals surface area contributed by atoms with E-state index in [1.54, 1.807) is 65.6 Å². The van der Waals surface area contributed by atoms with E-state index in [0.29, 0.717) is 44.8 Å². The summed E-state index contributed by atoms with van der Waals surface area (Å²) in [7, 11) is -3.34. The first-order chi connectivity index (χ1) is 21.4. The van der Waals surface area contributed by atoms with Gasteiger partial charge >= 0.3 is 6.18 Å². The molecule has 0 atom stereocenters. The molecule has 0 saturated heterocycles. The lowest BCUT2D eigenvalue weighted by atomic mass is 9.95. The number of sulfone groups is 1. The molecule has 0 saturated carbocycles. The molecule has 0 aliphatic heterocycles. The molecule has 0 radical (unpaired) electrons. The minimum Gasteiger partial charge on any atom is -0.349 e. The van der Waals surface area contributed by atoms with Crippen molar-refractivity contribution >= 4 is 21.4 Å². The van der Waals surface area contributed by atoms with Crippen LogP contribution >= 0.6 is 0 Å². The molecule has 226 valence electrons. The normalized spacial score (nSPS) is 11.9. The zero-order valence-electron chi connectivity index (χ0n) is 23.9. The zero-order valence-corrected chi connectivity index (χ0v) is 24.7. The maximum absolute atomic E-state index is 13.7. The average Bonchev–Trinajstić information content (AvgIpc) is 3.66. The molecular formula is C32H24F3N7O2S. The van der Waals surface area contributed by atoms with Gasteiger partial charge in [-0.3, -0.25) is 0 Å². The average molecular weight is 628 g/mol. The first-order valence-corrected chi connectivity index (χ1v) is 15.5. The molecule has 13 heteroatoms. The second kappa shape index (κ2) is 11.2. The maximum atomic E-state index is 13.7. The van der Waals surface area contributed by atoms with Crippen molar-refractivity contribution in [2.45, 2.75) is 24.5 Å². The van der Waals surface area contributed by atoms with Gasteiger partial charge in [-0.15, -0.1) is 5.10 Å². The lowest BCUT2D eigenvalue weighted by molar-refractivity contribution is -0.137. The molecule has 0 fully saturated rings. The number of aromatic nitrogens is 5. The number of hydrogen-bond donors (Lipinski definition) is 1. The van der Waals surface area contributed by atoms with Crippen molar-refractivity contribution in [3.8, 4) is 34.1 Å². The van der Waals surface area contributed by atoms with E-state index in [1.165, 1.54) is 22.7 Å². The van der Waals surface area contributed by atoms with Crippen molar-refractivity contribution in [1.29, 1.82) is 5.26 Å². The summed E-state index contributed by atoms with van der Waals surface area (Å²) in [5, 5.41) is 21.4. The molecule has 9 nitrogen and oxygen atoms in total. The smallest absolute Gasteiger partial charge is 0.349 e. The van der Waals surface area contributed by atoms with Crippen LogP contribution in [0.1, 0.15) is 22.3 Å².